The minimum atomic E-state index is -3.61. The molecule has 0 N–H and O–H groups in total. The van der Waals surface area contributed by atoms with Crippen molar-refractivity contribution < 1.29 is 27.7 Å². The van der Waals surface area contributed by atoms with E-state index in [1.54, 1.807) is 0 Å². The van der Waals surface area contributed by atoms with E-state index in [4.69, 9.17) is 9.26 Å². The fourth-order valence-electron chi connectivity index (χ4n) is 1.90. The van der Waals surface area contributed by atoms with Gasteiger partial charge in [0.1, 0.15) is 11.9 Å². The lowest BCUT2D eigenvalue weighted by Crippen LogP contribution is -2.19. The van der Waals surface area contributed by atoms with Crippen molar-refractivity contribution in [3.05, 3.63) is 11.8 Å². The summed E-state index contributed by atoms with van der Waals surface area (Å²) >= 11 is 0. The second kappa shape index (κ2) is 7.68. The van der Waals surface area contributed by atoms with Crippen LogP contribution in [0, 0.1) is 0 Å². The van der Waals surface area contributed by atoms with Crippen LogP contribution < -0.4 is 0 Å². The molecule has 0 heterocycles. The van der Waals surface area contributed by atoms with Gasteiger partial charge in [0.05, 0.1) is 6.08 Å². The molecule has 0 aromatic rings. The zero-order valence-corrected chi connectivity index (χ0v) is 12.5. The van der Waals surface area contributed by atoms with Crippen LogP contribution in [0.1, 0.15) is 39.0 Å². The number of rotatable bonds is 6. The molecule has 0 aliphatic heterocycles. The van der Waals surface area contributed by atoms with Crippen molar-refractivity contribution in [2.45, 2.75) is 45.1 Å². The molecule has 1 fully saturated rings. The maximum atomic E-state index is 11.7. The van der Waals surface area contributed by atoms with E-state index in [0.717, 1.165) is 31.8 Å². The first-order valence-corrected chi connectivity index (χ1v) is 7.75. The van der Waals surface area contributed by atoms with Crippen LogP contribution in [0.4, 0.5) is 0 Å². The summed E-state index contributed by atoms with van der Waals surface area (Å²) in [6.45, 7) is 1.49. The number of hydrogen-bond acceptors (Lipinski definition) is 6. The largest absolute Gasteiger partial charge is 0.529 e. The molecule has 0 atom stereocenters. The van der Waals surface area contributed by atoms with Gasteiger partial charge in [0.15, 0.2) is 0 Å². The van der Waals surface area contributed by atoms with Crippen LogP contribution in [-0.2, 0) is 27.7 Å². The summed E-state index contributed by atoms with van der Waals surface area (Å²) < 4.78 is 31.1. The molecule has 0 aromatic carbocycles. The number of carbonyl (C=O) groups excluding carboxylic acids is 1. The maximum Gasteiger partial charge on any atom is 0.529 e. The normalized spacial score (nSPS) is 18.2. The van der Waals surface area contributed by atoms with E-state index in [0.29, 0.717) is 0 Å². The molecule has 0 unspecified atom stereocenters. The van der Waals surface area contributed by atoms with E-state index in [-0.39, 0.29) is 11.9 Å². The van der Waals surface area contributed by atoms with E-state index >= 15 is 0 Å². The molecular formula is C12H21O6P. The van der Waals surface area contributed by atoms with Crippen molar-refractivity contribution in [2.24, 2.45) is 0 Å². The molecule has 0 amide bonds. The lowest BCUT2D eigenvalue weighted by atomic mass is 9.98. The highest BCUT2D eigenvalue weighted by atomic mass is 31.2. The monoisotopic (exact) mass is 292 g/mol. The molecule has 1 aliphatic rings. The van der Waals surface area contributed by atoms with Crippen LogP contribution in [0.2, 0.25) is 0 Å². The van der Waals surface area contributed by atoms with Gasteiger partial charge in [-0.05, 0) is 32.6 Å². The summed E-state index contributed by atoms with van der Waals surface area (Å²) in [7, 11) is -1.20. The topological polar surface area (TPSA) is 71.1 Å². The lowest BCUT2D eigenvalue weighted by Gasteiger charge is -2.21. The summed E-state index contributed by atoms with van der Waals surface area (Å²) in [5.74, 6) is -0.365. The molecular weight excluding hydrogens is 271 g/mol. The standard InChI is InChI=1S/C12H21O6P/c1-10(18-19(14,15-2)16-3)9-12(13)17-11-7-5-4-6-8-11/h9,11H,4-8H2,1-3H3. The number of allylic oxidation sites excluding steroid dienone is 1. The number of hydrogen-bond donors (Lipinski definition) is 0. The van der Waals surface area contributed by atoms with E-state index in [9.17, 15) is 9.36 Å². The molecule has 1 saturated carbocycles. The van der Waals surface area contributed by atoms with Gasteiger partial charge in [-0.25, -0.2) is 9.36 Å². The Morgan fingerprint density at radius 3 is 2.26 bits per heavy atom. The minimum Gasteiger partial charge on any atom is -0.459 e. The third-order valence-corrected chi connectivity index (χ3v) is 4.27. The molecule has 110 valence electrons. The van der Waals surface area contributed by atoms with E-state index in [1.165, 1.54) is 27.6 Å². The molecule has 1 rings (SSSR count). The summed E-state index contributed by atoms with van der Waals surface area (Å²) in [6.07, 6.45) is 6.28. The first kappa shape index (κ1) is 16.2. The zero-order valence-electron chi connectivity index (χ0n) is 11.6. The molecule has 19 heavy (non-hydrogen) atoms. The third kappa shape index (κ3) is 5.76. The van der Waals surface area contributed by atoms with Crippen molar-refractivity contribution >= 4 is 13.8 Å². The van der Waals surface area contributed by atoms with Crippen molar-refractivity contribution in [1.82, 2.24) is 0 Å². The van der Waals surface area contributed by atoms with Gasteiger partial charge in [-0.1, -0.05) is 6.42 Å². The molecule has 0 radical (unpaired) electrons. The van der Waals surface area contributed by atoms with Crippen LogP contribution in [0.25, 0.3) is 0 Å². The molecule has 0 spiro atoms. The Balaban J connectivity index is 2.48. The Morgan fingerprint density at radius 1 is 1.16 bits per heavy atom. The van der Waals surface area contributed by atoms with Crippen LogP contribution in [-0.4, -0.2) is 26.3 Å². The van der Waals surface area contributed by atoms with Gasteiger partial charge in [0, 0.05) is 14.2 Å². The van der Waals surface area contributed by atoms with Gasteiger partial charge in [-0.15, -0.1) is 0 Å². The molecule has 7 heteroatoms. The van der Waals surface area contributed by atoms with Gasteiger partial charge >= 0.3 is 13.8 Å². The smallest absolute Gasteiger partial charge is 0.459 e. The number of esters is 1. The zero-order chi connectivity index (χ0) is 14.3. The molecule has 1 aliphatic carbocycles. The summed E-state index contributed by atoms with van der Waals surface area (Å²) in [5.41, 5.74) is 0. The van der Waals surface area contributed by atoms with Crippen LogP contribution in [0.3, 0.4) is 0 Å². The highest BCUT2D eigenvalue weighted by molar-refractivity contribution is 7.48. The van der Waals surface area contributed by atoms with E-state index < -0.39 is 13.8 Å². The van der Waals surface area contributed by atoms with Crippen molar-refractivity contribution in [3.63, 3.8) is 0 Å². The molecule has 6 nitrogen and oxygen atoms in total. The number of phosphoric ester groups is 1. The van der Waals surface area contributed by atoms with Gasteiger partial charge < -0.3 is 9.26 Å². The summed E-state index contributed by atoms with van der Waals surface area (Å²) in [4.78, 5) is 11.6. The minimum absolute atomic E-state index is 0.0260. The summed E-state index contributed by atoms with van der Waals surface area (Å²) in [6, 6.07) is 0. The molecule has 0 saturated heterocycles. The predicted octanol–water partition coefficient (Wildman–Crippen LogP) is 3.18. The highest BCUT2D eigenvalue weighted by Crippen LogP contribution is 2.49. The maximum absolute atomic E-state index is 11.7. The fraction of sp³-hybridized carbons (Fsp3) is 0.750. The van der Waals surface area contributed by atoms with Gasteiger partial charge in [-0.3, -0.25) is 9.05 Å². The van der Waals surface area contributed by atoms with Crippen LogP contribution in [0.5, 0.6) is 0 Å². The number of phosphoric acid groups is 1. The fourth-order valence-corrected chi connectivity index (χ4v) is 2.60. The average Bonchev–Trinajstić information content (AvgIpc) is 2.39. The van der Waals surface area contributed by atoms with Crippen molar-refractivity contribution in [2.75, 3.05) is 14.2 Å². The Kier molecular flexibility index (Phi) is 6.55. The Labute approximate surface area is 113 Å². The number of carbonyl (C=O) groups is 1. The van der Waals surface area contributed by atoms with Gasteiger partial charge in [0.2, 0.25) is 0 Å². The van der Waals surface area contributed by atoms with E-state index in [1.807, 2.05) is 0 Å². The second-order valence-corrected chi connectivity index (χ2v) is 6.16. The second-order valence-electron chi connectivity index (χ2n) is 4.36. The van der Waals surface area contributed by atoms with Crippen molar-refractivity contribution in [1.29, 1.82) is 0 Å². The third-order valence-electron chi connectivity index (χ3n) is 2.86. The quantitative estimate of drug-likeness (QED) is 0.324. The average molecular weight is 292 g/mol. The Hall–Kier alpha value is -0.840. The molecule has 0 bridgehead atoms. The SMILES string of the molecule is COP(=O)(OC)OC(C)=CC(=O)OC1CCCCC1. The highest BCUT2D eigenvalue weighted by Gasteiger charge is 2.25. The van der Waals surface area contributed by atoms with Gasteiger partial charge in [-0.2, -0.15) is 0 Å². The van der Waals surface area contributed by atoms with Crippen LogP contribution >= 0.6 is 7.82 Å². The Morgan fingerprint density at radius 2 is 1.74 bits per heavy atom. The first-order valence-electron chi connectivity index (χ1n) is 6.29. The first-order chi connectivity index (χ1) is 8.99. The molecule has 0 aromatic heterocycles. The van der Waals surface area contributed by atoms with Gasteiger partial charge in [0.25, 0.3) is 0 Å². The lowest BCUT2D eigenvalue weighted by molar-refractivity contribution is -0.144. The predicted molar refractivity (Wildman–Crippen MR) is 69.4 cm³/mol. The number of ether oxygens (including phenoxy) is 1. The summed E-state index contributed by atoms with van der Waals surface area (Å²) in [5, 5.41) is 0. The van der Waals surface area contributed by atoms with Crippen molar-refractivity contribution in [3.8, 4) is 0 Å². The van der Waals surface area contributed by atoms with Crippen LogP contribution in [0.15, 0.2) is 11.8 Å². The van der Waals surface area contributed by atoms with E-state index in [2.05, 4.69) is 9.05 Å². The Bertz CT molecular complexity index is 364.